The number of sulfonamides is 1. The Morgan fingerprint density at radius 1 is 1.09 bits per heavy atom. The van der Waals surface area contributed by atoms with Gasteiger partial charge in [-0.2, -0.15) is 12.6 Å². The summed E-state index contributed by atoms with van der Waals surface area (Å²) < 4.78 is 26.9. The van der Waals surface area contributed by atoms with Crippen LogP contribution in [0.5, 0.6) is 0 Å². The lowest BCUT2D eigenvalue weighted by molar-refractivity contribution is -0.131. The first-order valence-corrected chi connectivity index (χ1v) is 17.4. The summed E-state index contributed by atoms with van der Waals surface area (Å²) in [6.07, 6.45) is 2.92. The number of nitrogens with one attached hydrogen (secondary N) is 2. The van der Waals surface area contributed by atoms with Crippen LogP contribution in [0.3, 0.4) is 0 Å². The average molecular weight is 697 g/mol. The fraction of sp³-hybridized carbons (Fsp3) is 0.406. The van der Waals surface area contributed by atoms with Gasteiger partial charge < -0.3 is 15.3 Å². The third-order valence-electron chi connectivity index (χ3n) is 7.18. The number of rotatable bonds is 15. The first-order chi connectivity index (χ1) is 21.3. The van der Waals surface area contributed by atoms with Crippen LogP contribution in [-0.2, 0) is 30.8 Å². The lowest BCUT2D eigenvalue weighted by Gasteiger charge is -2.35. The van der Waals surface area contributed by atoms with E-state index in [2.05, 4.69) is 17.9 Å². The first-order valence-electron chi connectivity index (χ1n) is 14.6. The molecule has 1 aliphatic rings. The Hall–Kier alpha value is -2.83. The normalized spacial score (nSPS) is 17.8. The summed E-state index contributed by atoms with van der Waals surface area (Å²) in [4.78, 5) is 39.6. The quantitative estimate of drug-likeness (QED) is 0.160. The van der Waals surface area contributed by atoms with Crippen LogP contribution in [0.15, 0.2) is 72.3 Å². The van der Waals surface area contributed by atoms with Crippen LogP contribution in [0.1, 0.15) is 50.7 Å². The summed E-state index contributed by atoms with van der Waals surface area (Å²) in [5.74, 6) is -1.56. The molecule has 0 aliphatic heterocycles. The number of thiol groups is 1. The molecule has 3 N–H and O–H groups in total. The minimum absolute atomic E-state index is 0.0280. The molecule has 1 unspecified atom stereocenters. The SMILES string of the molecule is CCCC(=O)N(CCC(=O)NC[C@H](S)Cc1cccc(Cl)c1)CC1=CC=C(c2ccccc2)C(Cl)(S(=O)(=O)NC(=O)[C@H](C)O)C1. The van der Waals surface area contributed by atoms with Gasteiger partial charge in [-0.3, -0.25) is 14.4 Å². The van der Waals surface area contributed by atoms with Gasteiger partial charge in [-0.1, -0.05) is 84.7 Å². The minimum Gasteiger partial charge on any atom is -0.384 e. The Bertz CT molecular complexity index is 1530. The number of carbonyl (C=O) groups excluding carboxylic acids is 3. The molecule has 3 atom stereocenters. The molecule has 0 heterocycles. The summed E-state index contributed by atoms with van der Waals surface area (Å²) >= 11 is 17.6. The third kappa shape index (κ3) is 10.3. The second-order valence-corrected chi connectivity index (χ2v) is 14.9. The van der Waals surface area contributed by atoms with Gasteiger partial charge in [0.1, 0.15) is 6.10 Å². The van der Waals surface area contributed by atoms with Gasteiger partial charge in [0, 0.05) is 49.2 Å². The smallest absolute Gasteiger partial charge is 0.262 e. The number of hydrogen-bond acceptors (Lipinski definition) is 7. The van der Waals surface area contributed by atoms with E-state index in [4.69, 9.17) is 23.2 Å². The molecule has 9 nitrogen and oxygen atoms in total. The molecule has 13 heteroatoms. The topological polar surface area (TPSA) is 133 Å². The molecule has 0 radical (unpaired) electrons. The summed E-state index contributed by atoms with van der Waals surface area (Å²) in [7, 11) is -4.58. The Balaban J connectivity index is 1.75. The van der Waals surface area contributed by atoms with Gasteiger partial charge >= 0.3 is 0 Å². The molecule has 2 aromatic rings. The number of aliphatic hydroxyl groups is 1. The summed E-state index contributed by atoms with van der Waals surface area (Å²) in [6.45, 7) is 3.47. The predicted molar refractivity (Wildman–Crippen MR) is 181 cm³/mol. The molecule has 3 amide bonds. The molecule has 244 valence electrons. The number of halogens is 2. The second-order valence-electron chi connectivity index (χ2n) is 10.9. The summed E-state index contributed by atoms with van der Waals surface area (Å²) in [6, 6.07) is 16.1. The van der Waals surface area contributed by atoms with Crippen LogP contribution < -0.4 is 10.0 Å². The lowest BCUT2D eigenvalue weighted by Crippen LogP contribution is -2.49. The van der Waals surface area contributed by atoms with Crippen LogP contribution in [-0.4, -0.2) is 71.3 Å². The van der Waals surface area contributed by atoms with Gasteiger partial charge in [0.15, 0.2) is 4.21 Å². The van der Waals surface area contributed by atoms with Crippen molar-refractivity contribution in [1.29, 1.82) is 0 Å². The van der Waals surface area contributed by atoms with E-state index in [1.807, 2.05) is 29.8 Å². The van der Waals surface area contributed by atoms with Crippen molar-refractivity contribution in [3.05, 3.63) is 88.5 Å². The molecule has 0 saturated carbocycles. The Morgan fingerprint density at radius 2 is 1.80 bits per heavy atom. The van der Waals surface area contributed by atoms with Gasteiger partial charge in [-0.05, 0) is 54.2 Å². The van der Waals surface area contributed by atoms with Crippen LogP contribution in [0.25, 0.3) is 5.57 Å². The maximum Gasteiger partial charge on any atom is 0.262 e. The average Bonchev–Trinajstić information content (AvgIpc) is 2.98. The van der Waals surface area contributed by atoms with Crippen LogP contribution in [0, 0.1) is 0 Å². The van der Waals surface area contributed by atoms with E-state index in [1.165, 1.54) is 4.90 Å². The monoisotopic (exact) mass is 695 g/mol. The number of carbonyl (C=O) groups is 3. The maximum atomic E-state index is 13.6. The summed E-state index contributed by atoms with van der Waals surface area (Å²) in [5.41, 5.74) is 2.29. The third-order valence-corrected chi connectivity index (χ3v) is 10.4. The van der Waals surface area contributed by atoms with Gasteiger partial charge in [0.25, 0.3) is 15.9 Å². The highest BCUT2D eigenvalue weighted by atomic mass is 35.5. The van der Waals surface area contributed by atoms with E-state index in [9.17, 15) is 27.9 Å². The molecule has 3 rings (SSSR count). The van der Waals surface area contributed by atoms with Crippen molar-refractivity contribution < 1.29 is 27.9 Å². The van der Waals surface area contributed by atoms with Crippen molar-refractivity contribution in [2.24, 2.45) is 0 Å². The number of hydrogen-bond donors (Lipinski definition) is 4. The van der Waals surface area contributed by atoms with Gasteiger partial charge in [-0.25, -0.2) is 13.1 Å². The van der Waals surface area contributed by atoms with Crippen molar-refractivity contribution in [2.75, 3.05) is 19.6 Å². The first kappa shape index (κ1) is 36.6. The molecule has 45 heavy (non-hydrogen) atoms. The molecule has 0 spiro atoms. The minimum atomic E-state index is -4.58. The zero-order chi connectivity index (χ0) is 33.2. The summed E-state index contributed by atoms with van der Waals surface area (Å²) in [5, 5.41) is 13.0. The van der Waals surface area contributed by atoms with Crippen LogP contribution >= 0.6 is 35.8 Å². The maximum absolute atomic E-state index is 13.6. The van der Waals surface area contributed by atoms with Gasteiger partial charge in [0.05, 0.1) is 0 Å². The zero-order valence-electron chi connectivity index (χ0n) is 25.2. The number of alkyl halides is 1. The largest absolute Gasteiger partial charge is 0.384 e. The Labute approximate surface area is 280 Å². The molecule has 0 saturated heterocycles. The fourth-order valence-corrected chi connectivity index (χ4v) is 7.24. The van der Waals surface area contributed by atoms with Crippen LogP contribution in [0.2, 0.25) is 5.02 Å². The molecular formula is C32H39Cl2N3O6S2. The fourth-order valence-electron chi connectivity index (χ4n) is 4.82. The standard InChI is InChI=1S/C32H39Cl2N3O6S2/c1-3-8-30(40)37(16-15-29(39)35-20-27(44)18-23-9-7-12-26(33)17-23)21-24-13-14-28(25-10-5-4-6-11-25)32(34,19-24)45(42,43)36-31(41)22(2)38/h4-7,9-14,17,22,27,38,44H,3,8,15-16,18-21H2,1-2H3,(H,35,39)(H,36,41)/t22-,27+,32?/m0/s1. The Kier molecular flexibility index (Phi) is 13.6. The van der Waals surface area contributed by atoms with E-state index in [0.717, 1.165) is 12.5 Å². The highest BCUT2D eigenvalue weighted by molar-refractivity contribution is 7.93. The van der Waals surface area contributed by atoms with Crippen molar-refractivity contribution in [2.45, 2.75) is 61.5 Å². The number of aliphatic hydroxyl groups excluding tert-OH is 1. The van der Waals surface area contributed by atoms with E-state index in [-0.39, 0.29) is 55.0 Å². The van der Waals surface area contributed by atoms with E-state index >= 15 is 0 Å². The molecule has 0 bridgehead atoms. The molecular weight excluding hydrogens is 657 g/mol. The predicted octanol–water partition coefficient (Wildman–Crippen LogP) is 4.49. The number of benzene rings is 2. The lowest BCUT2D eigenvalue weighted by atomic mass is 9.91. The van der Waals surface area contributed by atoms with Crippen molar-refractivity contribution in [3.8, 4) is 0 Å². The van der Waals surface area contributed by atoms with Gasteiger partial charge in [0.2, 0.25) is 11.8 Å². The van der Waals surface area contributed by atoms with Crippen LogP contribution in [0.4, 0.5) is 0 Å². The second kappa shape index (κ2) is 16.6. The highest BCUT2D eigenvalue weighted by Gasteiger charge is 2.49. The number of nitrogens with zero attached hydrogens (tertiary/aromatic N) is 1. The van der Waals surface area contributed by atoms with Crippen molar-refractivity contribution >= 4 is 69.1 Å². The van der Waals surface area contributed by atoms with E-state index < -0.39 is 26.2 Å². The van der Waals surface area contributed by atoms with E-state index in [0.29, 0.717) is 35.5 Å². The van der Waals surface area contributed by atoms with Crippen molar-refractivity contribution in [3.63, 3.8) is 0 Å². The highest BCUT2D eigenvalue weighted by Crippen LogP contribution is 2.45. The molecule has 0 fully saturated rings. The zero-order valence-corrected chi connectivity index (χ0v) is 28.4. The number of allylic oxidation sites excluding steroid dienone is 2. The molecule has 2 aromatic carbocycles. The molecule has 1 aliphatic carbocycles. The Morgan fingerprint density at radius 3 is 2.44 bits per heavy atom. The van der Waals surface area contributed by atoms with Crippen molar-refractivity contribution in [1.82, 2.24) is 14.9 Å². The van der Waals surface area contributed by atoms with Gasteiger partial charge in [-0.15, -0.1) is 0 Å². The number of amides is 3. The van der Waals surface area contributed by atoms with E-state index in [1.54, 1.807) is 48.6 Å². The molecule has 0 aromatic heterocycles.